The minimum atomic E-state index is 0.363. The van der Waals surface area contributed by atoms with E-state index in [2.05, 4.69) is 15.4 Å². The Morgan fingerprint density at radius 1 is 1.41 bits per heavy atom. The quantitative estimate of drug-likeness (QED) is 0.460. The maximum atomic E-state index is 5.60. The number of thiophene rings is 1. The number of nitrogens with zero attached hydrogens (tertiary/aromatic N) is 2. The molecule has 17 heavy (non-hydrogen) atoms. The lowest BCUT2D eigenvalue weighted by Gasteiger charge is -2.07. The Morgan fingerprint density at radius 2 is 2.29 bits per heavy atom. The van der Waals surface area contributed by atoms with Gasteiger partial charge in [-0.1, -0.05) is 0 Å². The lowest BCUT2D eigenvalue weighted by molar-refractivity contribution is 0.171. The summed E-state index contributed by atoms with van der Waals surface area (Å²) < 4.78 is 10.6. The van der Waals surface area contributed by atoms with E-state index < -0.39 is 0 Å². The Morgan fingerprint density at radius 3 is 3.06 bits per heavy atom. The number of fused-ring (bicyclic) bond motifs is 1. The van der Waals surface area contributed by atoms with E-state index in [1.807, 2.05) is 11.4 Å². The van der Waals surface area contributed by atoms with Gasteiger partial charge in [0, 0.05) is 20.1 Å². The van der Waals surface area contributed by atoms with Crippen LogP contribution in [-0.2, 0) is 4.74 Å². The first kappa shape index (κ1) is 12.0. The van der Waals surface area contributed by atoms with Crippen molar-refractivity contribution in [3.8, 4) is 5.88 Å². The lowest BCUT2D eigenvalue weighted by atomic mass is 10.4. The van der Waals surface area contributed by atoms with Gasteiger partial charge in [0.2, 0.25) is 11.8 Å². The van der Waals surface area contributed by atoms with Crippen molar-refractivity contribution >= 4 is 27.5 Å². The Balaban J connectivity index is 2.16. The van der Waals surface area contributed by atoms with E-state index in [4.69, 9.17) is 15.3 Å². The van der Waals surface area contributed by atoms with Gasteiger partial charge in [0.05, 0.1) is 12.0 Å². The molecule has 7 heteroatoms. The summed E-state index contributed by atoms with van der Waals surface area (Å²) in [7, 11) is 1.66. The molecule has 0 aliphatic carbocycles. The molecular formula is C10H14N4O2S. The summed E-state index contributed by atoms with van der Waals surface area (Å²) in [6.45, 7) is 1.22. The SMILES string of the molecule is COCCCOc1nc(NN)nc2sccc12. The minimum absolute atomic E-state index is 0.363. The number of rotatable bonds is 6. The van der Waals surface area contributed by atoms with E-state index in [9.17, 15) is 0 Å². The van der Waals surface area contributed by atoms with Crippen LogP contribution >= 0.6 is 11.3 Å². The van der Waals surface area contributed by atoms with Crippen molar-refractivity contribution in [2.75, 3.05) is 25.7 Å². The molecule has 0 fully saturated rings. The van der Waals surface area contributed by atoms with Crippen LogP contribution in [0, 0.1) is 0 Å². The number of hydrazine groups is 1. The van der Waals surface area contributed by atoms with Gasteiger partial charge in [0.25, 0.3) is 0 Å². The third kappa shape index (κ3) is 2.82. The molecule has 6 nitrogen and oxygen atoms in total. The predicted octanol–water partition coefficient (Wildman–Crippen LogP) is 1.39. The Bertz CT molecular complexity index is 488. The summed E-state index contributed by atoms with van der Waals surface area (Å²) in [5.74, 6) is 6.23. The number of nitrogens with two attached hydrogens (primary N) is 1. The highest BCUT2D eigenvalue weighted by atomic mass is 32.1. The summed E-state index contributed by atoms with van der Waals surface area (Å²) in [4.78, 5) is 9.27. The smallest absolute Gasteiger partial charge is 0.241 e. The van der Waals surface area contributed by atoms with Gasteiger partial charge in [0.15, 0.2) is 0 Å². The number of ether oxygens (including phenoxy) is 2. The maximum absolute atomic E-state index is 5.60. The third-order valence-corrected chi connectivity index (χ3v) is 2.96. The van der Waals surface area contributed by atoms with Crippen molar-refractivity contribution in [1.82, 2.24) is 9.97 Å². The molecular weight excluding hydrogens is 240 g/mol. The van der Waals surface area contributed by atoms with E-state index >= 15 is 0 Å². The fourth-order valence-corrected chi connectivity index (χ4v) is 2.13. The van der Waals surface area contributed by atoms with Crippen LogP contribution in [0.3, 0.4) is 0 Å². The second-order valence-electron chi connectivity index (χ2n) is 3.33. The molecule has 0 saturated heterocycles. The second kappa shape index (κ2) is 5.76. The first-order valence-corrected chi connectivity index (χ1v) is 6.06. The molecule has 2 heterocycles. The van der Waals surface area contributed by atoms with E-state index in [0.717, 1.165) is 16.6 Å². The fraction of sp³-hybridized carbons (Fsp3) is 0.400. The zero-order valence-corrected chi connectivity index (χ0v) is 10.3. The standard InChI is InChI=1S/C10H14N4O2S/c1-15-4-2-5-16-8-7-3-6-17-9(7)13-10(12-8)14-11/h3,6H,2,4-5,11H2,1H3,(H,12,13,14). The molecule has 0 spiro atoms. The van der Waals surface area contributed by atoms with Crippen molar-refractivity contribution in [3.05, 3.63) is 11.4 Å². The summed E-state index contributed by atoms with van der Waals surface area (Å²) in [5.41, 5.74) is 2.43. The topological polar surface area (TPSA) is 82.3 Å². The molecule has 0 saturated carbocycles. The third-order valence-electron chi connectivity index (χ3n) is 2.15. The van der Waals surface area contributed by atoms with Crippen LogP contribution in [0.4, 0.5) is 5.95 Å². The zero-order valence-electron chi connectivity index (χ0n) is 9.47. The molecule has 2 aromatic heterocycles. The van der Waals surface area contributed by atoms with Crippen LogP contribution in [0.15, 0.2) is 11.4 Å². The summed E-state index contributed by atoms with van der Waals surface area (Å²) in [6.07, 6.45) is 0.817. The molecule has 0 radical (unpaired) electrons. The van der Waals surface area contributed by atoms with Crippen LogP contribution in [0.2, 0.25) is 0 Å². The van der Waals surface area contributed by atoms with Crippen LogP contribution in [-0.4, -0.2) is 30.3 Å². The molecule has 0 unspecified atom stereocenters. The van der Waals surface area contributed by atoms with E-state index in [1.54, 1.807) is 7.11 Å². The largest absolute Gasteiger partial charge is 0.477 e. The van der Waals surface area contributed by atoms with Gasteiger partial charge in [-0.2, -0.15) is 4.98 Å². The Hall–Kier alpha value is -1.44. The van der Waals surface area contributed by atoms with Crippen molar-refractivity contribution in [2.45, 2.75) is 6.42 Å². The number of nitrogen functional groups attached to an aromatic ring is 1. The van der Waals surface area contributed by atoms with Gasteiger partial charge in [0.1, 0.15) is 4.83 Å². The van der Waals surface area contributed by atoms with Gasteiger partial charge in [-0.05, 0) is 11.4 Å². The fourth-order valence-electron chi connectivity index (χ4n) is 1.37. The Kier molecular flexibility index (Phi) is 4.08. The molecule has 0 aliphatic heterocycles. The molecule has 0 amide bonds. The highest BCUT2D eigenvalue weighted by Gasteiger charge is 2.09. The first-order valence-electron chi connectivity index (χ1n) is 5.18. The number of nitrogens with one attached hydrogen (secondary N) is 1. The molecule has 2 aromatic rings. The minimum Gasteiger partial charge on any atom is -0.477 e. The van der Waals surface area contributed by atoms with E-state index in [0.29, 0.717) is 25.0 Å². The number of hydrogen-bond acceptors (Lipinski definition) is 7. The van der Waals surface area contributed by atoms with Crippen molar-refractivity contribution in [3.63, 3.8) is 0 Å². The highest BCUT2D eigenvalue weighted by molar-refractivity contribution is 7.16. The average molecular weight is 254 g/mol. The molecule has 3 N–H and O–H groups in total. The zero-order chi connectivity index (χ0) is 12.1. The summed E-state index contributed by atoms with van der Waals surface area (Å²) in [5, 5.41) is 2.85. The lowest BCUT2D eigenvalue weighted by Crippen LogP contribution is -2.11. The van der Waals surface area contributed by atoms with Crippen molar-refractivity contribution in [2.24, 2.45) is 5.84 Å². The second-order valence-corrected chi connectivity index (χ2v) is 4.23. The Labute approximate surface area is 103 Å². The molecule has 0 bridgehead atoms. The molecule has 0 aliphatic rings. The van der Waals surface area contributed by atoms with E-state index in [1.165, 1.54) is 11.3 Å². The van der Waals surface area contributed by atoms with Gasteiger partial charge in [-0.3, -0.25) is 5.43 Å². The highest BCUT2D eigenvalue weighted by Crippen LogP contribution is 2.27. The number of aromatic nitrogens is 2. The predicted molar refractivity (Wildman–Crippen MR) is 67.2 cm³/mol. The van der Waals surface area contributed by atoms with Gasteiger partial charge in [-0.15, -0.1) is 11.3 Å². The maximum Gasteiger partial charge on any atom is 0.241 e. The molecule has 2 rings (SSSR count). The number of methoxy groups -OCH3 is 1. The van der Waals surface area contributed by atoms with Crippen LogP contribution in [0.1, 0.15) is 6.42 Å². The van der Waals surface area contributed by atoms with Crippen LogP contribution in [0.5, 0.6) is 5.88 Å². The molecule has 0 atom stereocenters. The van der Waals surface area contributed by atoms with Gasteiger partial charge < -0.3 is 9.47 Å². The van der Waals surface area contributed by atoms with Crippen molar-refractivity contribution < 1.29 is 9.47 Å². The molecule has 0 aromatic carbocycles. The molecule has 92 valence electrons. The van der Waals surface area contributed by atoms with Crippen LogP contribution in [0.25, 0.3) is 10.2 Å². The summed E-state index contributed by atoms with van der Waals surface area (Å²) >= 11 is 1.52. The average Bonchev–Trinajstić information content (AvgIpc) is 2.82. The summed E-state index contributed by atoms with van der Waals surface area (Å²) in [6, 6.07) is 1.94. The number of anilines is 1. The normalized spacial score (nSPS) is 10.7. The first-order chi connectivity index (χ1) is 8.35. The van der Waals surface area contributed by atoms with E-state index in [-0.39, 0.29) is 0 Å². The van der Waals surface area contributed by atoms with Crippen LogP contribution < -0.4 is 16.0 Å². The van der Waals surface area contributed by atoms with Gasteiger partial charge in [-0.25, -0.2) is 10.8 Å². The number of hydrogen-bond donors (Lipinski definition) is 2. The monoisotopic (exact) mass is 254 g/mol. The van der Waals surface area contributed by atoms with Gasteiger partial charge >= 0.3 is 0 Å². The van der Waals surface area contributed by atoms with Crippen molar-refractivity contribution in [1.29, 1.82) is 0 Å².